The first-order valence-electron chi connectivity index (χ1n) is 10.6. The summed E-state index contributed by atoms with van der Waals surface area (Å²) in [5.74, 6) is -0.870. The number of benzene rings is 2. The summed E-state index contributed by atoms with van der Waals surface area (Å²) in [6, 6.07) is 15.5. The molecule has 0 bridgehead atoms. The molecule has 9 nitrogen and oxygen atoms in total. The Morgan fingerprint density at radius 3 is 2.31 bits per heavy atom. The molecule has 0 aliphatic rings. The van der Waals surface area contributed by atoms with Crippen LogP contribution in [0.15, 0.2) is 82.3 Å². The number of Topliss-reactive ketones (excluding diaryl/α,β-unsaturated/α-hetero) is 1. The van der Waals surface area contributed by atoms with Gasteiger partial charge in [0.2, 0.25) is 10.0 Å². The summed E-state index contributed by atoms with van der Waals surface area (Å²) in [7, 11) is -3.73. The fourth-order valence-electron chi connectivity index (χ4n) is 2.88. The van der Waals surface area contributed by atoms with E-state index in [-0.39, 0.29) is 17.2 Å². The van der Waals surface area contributed by atoms with Gasteiger partial charge in [0.05, 0.1) is 17.7 Å². The van der Waals surface area contributed by atoms with Crippen LogP contribution in [0.5, 0.6) is 0 Å². The van der Waals surface area contributed by atoms with Gasteiger partial charge in [0.1, 0.15) is 5.76 Å². The number of nitrogens with one attached hydrogen (secondary N) is 2. The number of hydrogen-bond acceptors (Lipinski definition) is 7. The number of amides is 1. The van der Waals surface area contributed by atoms with Gasteiger partial charge in [-0.1, -0.05) is 12.1 Å². The van der Waals surface area contributed by atoms with Gasteiger partial charge < -0.3 is 14.5 Å². The van der Waals surface area contributed by atoms with Crippen LogP contribution < -0.4 is 10.0 Å². The highest BCUT2D eigenvalue weighted by Gasteiger charge is 2.17. The maximum Gasteiger partial charge on any atom is 0.331 e. The summed E-state index contributed by atoms with van der Waals surface area (Å²) in [5.41, 5.74) is 1.55. The van der Waals surface area contributed by atoms with Crippen molar-refractivity contribution in [2.24, 2.45) is 0 Å². The molecule has 2 aromatic carbocycles. The molecule has 1 atom stereocenters. The highest BCUT2D eigenvalue weighted by atomic mass is 32.2. The monoisotopic (exact) mass is 496 g/mol. The number of ether oxygens (including phenoxy) is 1. The van der Waals surface area contributed by atoms with Crippen molar-refractivity contribution in [1.29, 1.82) is 0 Å². The van der Waals surface area contributed by atoms with E-state index in [1.165, 1.54) is 50.5 Å². The third-order valence-electron chi connectivity index (χ3n) is 4.84. The van der Waals surface area contributed by atoms with Crippen LogP contribution in [0.3, 0.4) is 0 Å². The molecule has 0 radical (unpaired) electrons. The molecule has 3 rings (SSSR count). The van der Waals surface area contributed by atoms with Crippen molar-refractivity contribution in [2.45, 2.75) is 31.4 Å². The highest BCUT2D eigenvalue weighted by Crippen LogP contribution is 2.14. The lowest BCUT2D eigenvalue weighted by atomic mass is 10.1. The SMILES string of the molecule is CC(=O)c1ccc(NC(=O)C(C)OC(=O)/C=C/c2ccc(S(=O)(=O)NCc3ccco3)cc2)cc1. The first kappa shape index (κ1) is 25.6. The van der Waals surface area contributed by atoms with Crippen molar-refractivity contribution in [1.82, 2.24) is 4.72 Å². The number of esters is 1. The molecule has 1 heterocycles. The number of hydrogen-bond donors (Lipinski definition) is 2. The van der Waals surface area contributed by atoms with Crippen molar-refractivity contribution in [3.05, 3.63) is 89.9 Å². The molecular weight excluding hydrogens is 472 g/mol. The third kappa shape index (κ3) is 7.49. The van der Waals surface area contributed by atoms with E-state index in [1.807, 2.05) is 0 Å². The Labute approximate surface area is 202 Å². The minimum absolute atomic E-state index is 0.0261. The van der Waals surface area contributed by atoms with Crippen molar-refractivity contribution in [2.75, 3.05) is 5.32 Å². The molecule has 0 saturated heterocycles. The van der Waals surface area contributed by atoms with Gasteiger partial charge in [-0.05, 0) is 74.0 Å². The molecule has 1 amide bonds. The first-order valence-corrected chi connectivity index (χ1v) is 12.0. The second kappa shape index (κ2) is 11.4. The van der Waals surface area contributed by atoms with E-state index in [0.29, 0.717) is 22.6 Å². The standard InChI is InChI=1S/C25H24N2O7S/c1-17(28)20-8-10-21(11-9-20)27-25(30)18(2)34-24(29)14-7-19-5-12-23(13-6-19)35(31,32)26-16-22-4-3-15-33-22/h3-15,18,26H,16H2,1-2H3,(H,27,30)/b14-7+. The zero-order valence-electron chi connectivity index (χ0n) is 19.1. The average molecular weight is 497 g/mol. The summed E-state index contributed by atoms with van der Waals surface area (Å²) in [6.07, 6.45) is 2.98. The van der Waals surface area contributed by atoms with Crippen LogP contribution in [-0.2, 0) is 30.9 Å². The van der Waals surface area contributed by atoms with Gasteiger partial charge in [0, 0.05) is 17.3 Å². The van der Waals surface area contributed by atoms with Crippen LogP contribution in [0.2, 0.25) is 0 Å². The number of carbonyl (C=O) groups excluding carboxylic acids is 3. The molecule has 0 aliphatic heterocycles. The Kier molecular flexibility index (Phi) is 8.34. The summed E-state index contributed by atoms with van der Waals surface area (Å²) in [5, 5.41) is 2.61. The summed E-state index contributed by atoms with van der Waals surface area (Å²) >= 11 is 0. The van der Waals surface area contributed by atoms with E-state index < -0.39 is 28.0 Å². The van der Waals surface area contributed by atoms with Gasteiger partial charge in [-0.15, -0.1) is 0 Å². The van der Waals surface area contributed by atoms with E-state index in [2.05, 4.69) is 10.0 Å². The lowest BCUT2D eigenvalue weighted by molar-refractivity contribution is -0.148. The lowest BCUT2D eigenvalue weighted by Gasteiger charge is -2.12. The molecule has 0 fully saturated rings. The second-order valence-electron chi connectivity index (χ2n) is 7.51. The topological polar surface area (TPSA) is 132 Å². The average Bonchev–Trinajstić information content (AvgIpc) is 3.36. The first-order chi connectivity index (χ1) is 16.6. The Bertz CT molecular complexity index is 1310. The van der Waals surface area contributed by atoms with Crippen LogP contribution in [0.1, 0.15) is 35.5 Å². The molecule has 35 heavy (non-hydrogen) atoms. The minimum atomic E-state index is -3.73. The van der Waals surface area contributed by atoms with Gasteiger partial charge >= 0.3 is 5.97 Å². The van der Waals surface area contributed by atoms with Crippen LogP contribution in [0.4, 0.5) is 5.69 Å². The molecule has 182 valence electrons. The van der Waals surface area contributed by atoms with E-state index in [9.17, 15) is 22.8 Å². The molecule has 1 unspecified atom stereocenters. The molecule has 0 saturated carbocycles. The molecule has 0 aliphatic carbocycles. The van der Waals surface area contributed by atoms with Crippen LogP contribution in [0, 0.1) is 0 Å². The van der Waals surface area contributed by atoms with E-state index in [1.54, 1.807) is 36.4 Å². The molecular formula is C25H24N2O7S. The fourth-order valence-corrected chi connectivity index (χ4v) is 3.88. The van der Waals surface area contributed by atoms with Crippen molar-refractivity contribution < 1.29 is 32.0 Å². The van der Waals surface area contributed by atoms with Gasteiger partial charge in [-0.3, -0.25) is 9.59 Å². The summed E-state index contributed by atoms with van der Waals surface area (Å²) in [6.45, 7) is 2.90. The van der Waals surface area contributed by atoms with Crippen LogP contribution in [-0.4, -0.2) is 32.2 Å². The van der Waals surface area contributed by atoms with Gasteiger partial charge in [0.15, 0.2) is 11.9 Å². The number of rotatable bonds is 10. The highest BCUT2D eigenvalue weighted by molar-refractivity contribution is 7.89. The number of sulfonamides is 1. The predicted octanol–water partition coefficient (Wildman–Crippen LogP) is 3.54. The summed E-state index contributed by atoms with van der Waals surface area (Å²) < 4.78 is 37.4. The Morgan fingerprint density at radius 1 is 1.03 bits per heavy atom. The molecule has 3 aromatic rings. The zero-order valence-corrected chi connectivity index (χ0v) is 19.9. The van der Waals surface area contributed by atoms with Crippen molar-refractivity contribution in [3.63, 3.8) is 0 Å². The number of anilines is 1. The van der Waals surface area contributed by atoms with E-state index in [4.69, 9.17) is 9.15 Å². The van der Waals surface area contributed by atoms with Crippen LogP contribution >= 0.6 is 0 Å². The third-order valence-corrected chi connectivity index (χ3v) is 6.26. The van der Waals surface area contributed by atoms with Gasteiger partial charge in [0.25, 0.3) is 5.91 Å². The maximum absolute atomic E-state index is 12.4. The van der Waals surface area contributed by atoms with Gasteiger partial charge in [-0.2, -0.15) is 0 Å². The smallest absolute Gasteiger partial charge is 0.331 e. The van der Waals surface area contributed by atoms with E-state index in [0.717, 1.165) is 6.08 Å². The second-order valence-corrected chi connectivity index (χ2v) is 9.28. The lowest BCUT2D eigenvalue weighted by Crippen LogP contribution is -2.29. The van der Waals surface area contributed by atoms with Crippen LogP contribution in [0.25, 0.3) is 6.08 Å². The molecule has 0 spiro atoms. The zero-order chi connectivity index (χ0) is 25.4. The Hall–Kier alpha value is -4.02. The van der Waals surface area contributed by atoms with Gasteiger partial charge in [-0.25, -0.2) is 17.9 Å². The quantitative estimate of drug-likeness (QED) is 0.249. The van der Waals surface area contributed by atoms with Crippen molar-refractivity contribution in [3.8, 4) is 0 Å². The summed E-state index contributed by atoms with van der Waals surface area (Å²) in [4.78, 5) is 35.7. The van der Waals surface area contributed by atoms with E-state index >= 15 is 0 Å². The largest absolute Gasteiger partial charge is 0.468 e. The normalized spacial score (nSPS) is 12.3. The Balaban J connectivity index is 1.51. The maximum atomic E-state index is 12.4. The van der Waals surface area contributed by atoms with Crippen molar-refractivity contribution >= 4 is 39.4 Å². The fraction of sp³-hybridized carbons (Fsp3) is 0.160. The Morgan fingerprint density at radius 2 is 1.71 bits per heavy atom. The molecule has 10 heteroatoms. The molecule has 2 N–H and O–H groups in total. The predicted molar refractivity (Wildman–Crippen MR) is 129 cm³/mol. The minimum Gasteiger partial charge on any atom is -0.468 e. The number of furan rings is 1. The number of carbonyl (C=O) groups is 3. The number of ketones is 1. The molecule has 1 aromatic heterocycles.